The molecule has 82 valence electrons. The summed E-state index contributed by atoms with van der Waals surface area (Å²) in [4.78, 5) is 11.1. The fraction of sp³-hybridized carbons (Fsp3) is 0.364. The number of anilines is 1. The lowest BCUT2D eigenvalue weighted by atomic mass is 10.2. The summed E-state index contributed by atoms with van der Waals surface area (Å²) in [5.41, 5.74) is 1.54. The molecule has 15 heavy (non-hydrogen) atoms. The van der Waals surface area contributed by atoms with Crippen molar-refractivity contribution in [1.82, 2.24) is 0 Å². The molecule has 0 amide bonds. The van der Waals surface area contributed by atoms with Gasteiger partial charge in [0, 0.05) is 18.1 Å². The van der Waals surface area contributed by atoms with Crippen molar-refractivity contribution in [2.45, 2.75) is 6.42 Å². The van der Waals surface area contributed by atoms with Crippen LogP contribution >= 0.6 is 11.6 Å². The molecule has 4 heteroatoms. The first-order valence-electron chi connectivity index (χ1n) is 4.76. The zero-order chi connectivity index (χ0) is 11.1. The lowest BCUT2D eigenvalue weighted by molar-refractivity contribution is 0.0601. The quantitative estimate of drug-likeness (QED) is 0.477. The van der Waals surface area contributed by atoms with Crippen LogP contribution in [0.4, 0.5) is 5.69 Å². The van der Waals surface area contributed by atoms with E-state index in [0.29, 0.717) is 11.4 Å². The highest BCUT2D eigenvalue weighted by Crippen LogP contribution is 2.10. The van der Waals surface area contributed by atoms with E-state index in [4.69, 9.17) is 11.6 Å². The molecular formula is C11H14ClNO2. The maximum atomic E-state index is 11.1. The number of esters is 1. The summed E-state index contributed by atoms with van der Waals surface area (Å²) >= 11 is 5.55. The van der Waals surface area contributed by atoms with Crippen molar-refractivity contribution in [3.63, 3.8) is 0 Å². The first kappa shape index (κ1) is 11.9. The second-order valence-corrected chi connectivity index (χ2v) is 3.42. The third kappa shape index (κ3) is 3.80. The van der Waals surface area contributed by atoms with Crippen LogP contribution in [0.2, 0.25) is 0 Å². The maximum Gasteiger partial charge on any atom is 0.337 e. The van der Waals surface area contributed by atoms with Gasteiger partial charge in [-0.05, 0) is 30.7 Å². The Morgan fingerprint density at radius 1 is 1.40 bits per heavy atom. The van der Waals surface area contributed by atoms with Gasteiger partial charge in [-0.2, -0.15) is 0 Å². The van der Waals surface area contributed by atoms with E-state index in [-0.39, 0.29) is 5.97 Å². The highest BCUT2D eigenvalue weighted by molar-refractivity contribution is 6.17. The van der Waals surface area contributed by atoms with Crippen molar-refractivity contribution in [3.05, 3.63) is 29.8 Å². The number of carbonyl (C=O) groups excluding carboxylic acids is 1. The summed E-state index contributed by atoms with van der Waals surface area (Å²) in [5, 5.41) is 3.19. The highest BCUT2D eigenvalue weighted by atomic mass is 35.5. The molecule has 0 aliphatic heterocycles. The number of methoxy groups -OCH3 is 1. The Kier molecular flexibility index (Phi) is 4.98. The Morgan fingerprint density at radius 3 is 2.60 bits per heavy atom. The minimum atomic E-state index is -0.317. The number of hydrogen-bond donors (Lipinski definition) is 1. The molecule has 0 unspecified atom stereocenters. The Hall–Kier alpha value is -1.22. The molecule has 0 saturated carbocycles. The Morgan fingerprint density at radius 2 is 2.07 bits per heavy atom. The summed E-state index contributed by atoms with van der Waals surface area (Å²) < 4.78 is 4.60. The molecule has 0 bridgehead atoms. The van der Waals surface area contributed by atoms with Gasteiger partial charge < -0.3 is 10.1 Å². The van der Waals surface area contributed by atoms with Crippen molar-refractivity contribution < 1.29 is 9.53 Å². The highest BCUT2D eigenvalue weighted by Gasteiger charge is 2.03. The smallest absolute Gasteiger partial charge is 0.337 e. The minimum Gasteiger partial charge on any atom is -0.465 e. The molecular weight excluding hydrogens is 214 g/mol. The van der Waals surface area contributed by atoms with E-state index in [1.165, 1.54) is 7.11 Å². The third-order valence-electron chi connectivity index (χ3n) is 1.95. The molecule has 0 spiro atoms. The molecule has 1 aromatic carbocycles. The van der Waals surface area contributed by atoms with E-state index in [0.717, 1.165) is 18.7 Å². The number of hydrogen-bond acceptors (Lipinski definition) is 3. The zero-order valence-corrected chi connectivity index (χ0v) is 9.38. The molecule has 0 radical (unpaired) electrons. The van der Waals surface area contributed by atoms with Crippen molar-refractivity contribution in [1.29, 1.82) is 0 Å². The first-order chi connectivity index (χ1) is 7.27. The van der Waals surface area contributed by atoms with E-state index in [2.05, 4.69) is 10.1 Å². The largest absolute Gasteiger partial charge is 0.465 e. The second kappa shape index (κ2) is 6.30. The molecule has 0 atom stereocenters. The van der Waals surface area contributed by atoms with Crippen LogP contribution in [0.1, 0.15) is 16.8 Å². The summed E-state index contributed by atoms with van der Waals surface area (Å²) in [6.07, 6.45) is 0.917. The van der Waals surface area contributed by atoms with Gasteiger partial charge >= 0.3 is 5.97 Å². The van der Waals surface area contributed by atoms with Crippen molar-refractivity contribution in [3.8, 4) is 0 Å². The van der Waals surface area contributed by atoms with E-state index in [9.17, 15) is 4.79 Å². The number of ether oxygens (including phenoxy) is 1. The van der Waals surface area contributed by atoms with Crippen LogP contribution in [0, 0.1) is 0 Å². The summed E-state index contributed by atoms with van der Waals surface area (Å²) in [6.45, 7) is 0.834. The Labute approximate surface area is 94.4 Å². The van der Waals surface area contributed by atoms with E-state index >= 15 is 0 Å². The van der Waals surface area contributed by atoms with Crippen LogP contribution < -0.4 is 5.32 Å². The van der Waals surface area contributed by atoms with Gasteiger partial charge in [0.1, 0.15) is 0 Å². The number of rotatable bonds is 5. The SMILES string of the molecule is COC(=O)c1ccc(NCCCCl)cc1. The molecule has 3 nitrogen and oxygen atoms in total. The molecule has 0 fully saturated rings. The first-order valence-corrected chi connectivity index (χ1v) is 5.29. The van der Waals surface area contributed by atoms with Gasteiger partial charge in [0.2, 0.25) is 0 Å². The number of alkyl halides is 1. The van der Waals surface area contributed by atoms with Gasteiger partial charge in [-0.1, -0.05) is 0 Å². The topological polar surface area (TPSA) is 38.3 Å². The van der Waals surface area contributed by atoms with Crippen molar-refractivity contribution in [2.75, 3.05) is 24.9 Å². The molecule has 1 N–H and O–H groups in total. The Balaban J connectivity index is 2.52. The maximum absolute atomic E-state index is 11.1. The van der Waals surface area contributed by atoms with Crippen LogP contribution in [0.3, 0.4) is 0 Å². The molecule has 1 rings (SSSR count). The second-order valence-electron chi connectivity index (χ2n) is 3.04. The standard InChI is InChI=1S/C11H14ClNO2/c1-15-11(14)9-3-5-10(6-4-9)13-8-2-7-12/h3-6,13H,2,7-8H2,1H3. The molecule has 0 aliphatic rings. The fourth-order valence-electron chi connectivity index (χ4n) is 1.14. The minimum absolute atomic E-state index is 0.317. The molecule has 0 aliphatic carbocycles. The van der Waals surface area contributed by atoms with Gasteiger partial charge in [-0.15, -0.1) is 11.6 Å². The predicted octanol–water partition coefficient (Wildman–Crippen LogP) is 2.51. The van der Waals surface area contributed by atoms with Gasteiger partial charge in [-0.25, -0.2) is 4.79 Å². The third-order valence-corrected chi connectivity index (χ3v) is 2.21. The molecule has 0 saturated heterocycles. The average molecular weight is 228 g/mol. The van der Waals surface area contributed by atoms with Gasteiger partial charge in [0.05, 0.1) is 12.7 Å². The van der Waals surface area contributed by atoms with Crippen LogP contribution in [0.5, 0.6) is 0 Å². The predicted molar refractivity (Wildman–Crippen MR) is 61.6 cm³/mol. The van der Waals surface area contributed by atoms with Crippen LogP contribution in [-0.4, -0.2) is 25.5 Å². The molecule has 0 aromatic heterocycles. The molecule has 0 heterocycles. The number of benzene rings is 1. The van der Waals surface area contributed by atoms with Crippen molar-refractivity contribution in [2.24, 2.45) is 0 Å². The summed E-state index contributed by atoms with van der Waals surface area (Å²) in [6, 6.07) is 7.16. The lowest BCUT2D eigenvalue weighted by Gasteiger charge is -2.05. The Bertz CT molecular complexity index is 311. The van der Waals surface area contributed by atoms with E-state index in [1.54, 1.807) is 12.1 Å². The monoisotopic (exact) mass is 227 g/mol. The average Bonchev–Trinajstić information content (AvgIpc) is 2.29. The van der Waals surface area contributed by atoms with Crippen LogP contribution in [0.15, 0.2) is 24.3 Å². The van der Waals surface area contributed by atoms with E-state index in [1.807, 2.05) is 12.1 Å². The zero-order valence-electron chi connectivity index (χ0n) is 8.63. The lowest BCUT2D eigenvalue weighted by Crippen LogP contribution is -2.04. The van der Waals surface area contributed by atoms with Gasteiger partial charge in [0.15, 0.2) is 0 Å². The van der Waals surface area contributed by atoms with Crippen LogP contribution in [0.25, 0.3) is 0 Å². The number of halogens is 1. The summed E-state index contributed by atoms with van der Waals surface area (Å²) in [7, 11) is 1.37. The number of nitrogens with one attached hydrogen (secondary N) is 1. The van der Waals surface area contributed by atoms with Crippen LogP contribution in [-0.2, 0) is 4.74 Å². The van der Waals surface area contributed by atoms with Gasteiger partial charge in [-0.3, -0.25) is 0 Å². The van der Waals surface area contributed by atoms with E-state index < -0.39 is 0 Å². The number of carbonyl (C=O) groups is 1. The van der Waals surface area contributed by atoms with Crippen molar-refractivity contribution >= 4 is 23.3 Å². The normalized spacial score (nSPS) is 9.73. The fourth-order valence-corrected chi connectivity index (χ4v) is 1.28. The summed E-state index contributed by atoms with van der Waals surface area (Å²) in [5.74, 6) is 0.329. The van der Waals surface area contributed by atoms with Gasteiger partial charge in [0.25, 0.3) is 0 Å². The molecule has 1 aromatic rings.